The number of nitrogens with zero attached hydrogens (tertiary/aromatic N) is 2. The van der Waals surface area contributed by atoms with E-state index in [0.29, 0.717) is 5.92 Å². The zero-order chi connectivity index (χ0) is 14.1. The summed E-state index contributed by atoms with van der Waals surface area (Å²) in [5.41, 5.74) is 1.23. The van der Waals surface area contributed by atoms with Gasteiger partial charge in [-0.05, 0) is 53.4 Å². The number of hydrogen-bond donors (Lipinski definition) is 1. The third kappa shape index (κ3) is 3.38. The highest BCUT2D eigenvalue weighted by molar-refractivity contribution is 9.10. The van der Waals surface area contributed by atoms with Crippen molar-refractivity contribution >= 4 is 37.7 Å². The Morgan fingerprint density at radius 1 is 1.15 bits per heavy atom. The molecule has 0 bridgehead atoms. The molecule has 5 heteroatoms. The Morgan fingerprint density at radius 2 is 1.85 bits per heavy atom. The lowest BCUT2D eigenvalue weighted by atomic mass is 10.1. The number of nitrogens with one attached hydrogen (secondary N) is 1. The van der Waals surface area contributed by atoms with Crippen molar-refractivity contribution in [2.45, 2.75) is 31.7 Å². The molecule has 2 aromatic rings. The fraction of sp³-hybridized carbons (Fsp3) is 0.333. The third-order valence-corrected chi connectivity index (χ3v) is 4.32. The largest absolute Gasteiger partial charge is 0.363 e. The van der Waals surface area contributed by atoms with E-state index in [1.807, 2.05) is 6.07 Å². The summed E-state index contributed by atoms with van der Waals surface area (Å²) in [6, 6.07) is 10.5. The van der Waals surface area contributed by atoms with E-state index < -0.39 is 0 Å². The first-order valence-electron chi connectivity index (χ1n) is 6.68. The summed E-state index contributed by atoms with van der Waals surface area (Å²) in [4.78, 5) is 9.06. The second kappa shape index (κ2) is 5.82. The van der Waals surface area contributed by atoms with Gasteiger partial charge in [-0.3, -0.25) is 0 Å². The van der Waals surface area contributed by atoms with Gasteiger partial charge in [0, 0.05) is 22.5 Å². The molecule has 1 fully saturated rings. The van der Waals surface area contributed by atoms with E-state index in [0.717, 1.165) is 20.7 Å². The summed E-state index contributed by atoms with van der Waals surface area (Å²) in [5, 5.41) is 3.45. The summed E-state index contributed by atoms with van der Waals surface area (Å²) in [5.74, 6) is 2.38. The molecule has 3 rings (SSSR count). The van der Waals surface area contributed by atoms with Gasteiger partial charge >= 0.3 is 0 Å². The van der Waals surface area contributed by atoms with E-state index in [9.17, 15) is 0 Å². The Bertz CT molecular complexity index is 609. The Kier molecular flexibility index (Phi) is 4.08. The Labute approximate surface area is 135 Å². The Hall–Kier alpha value is -0.940. The minimum atomic E-state index is 0.206. The summed E-state index contributed by atoms with van der Waals surface area (Å²) in [7, 11) is 0. The normalized spacial score (nSPS) is 15.9. The van der Waals surface area contributed by atoms with Crippen molar-refractivity contribution < 1.29 is 0 Å². The minimum Gasteiger partial charge on any atom is -0.363 e. The number of rotatable bonds is 4. The molecule has 1 atom stereocenters. The van der Waals surface area contributed by atoms with Crippen LogP contribution in [0.4, 0.5) is 5.82 Å². The molecule has 0 radical (unpaired) electrons. The van der Waals surface area contributed by atoms with Gasteiger partial charge in [0.2, 0.25) is 0 Å². The van der Waals surface area contributed by atoms with Gasteiger partial charge in [-0.2, -0.15) is 0 Å². The van der Waals surface area contributed by atoms with Crippen molar-refractivity contribution in [1.29, 1.82) is 0 Å². The van der Waals surface area contributed by atoms with Crippen molar-refractivity contribution in [1.82, 2.24) is 9.97 Å². The van der Waals surface area contributed by atoms with Crippen LogP contribution in [0.3, 0.4) is 0 Å². The van der Waals surface area contributed by atoms with Gasteiger partial charge in [-0.25, -0.2) is 9.97 Å². The first-order chi connectivity index (χ1) is 9.61. The highest BCUT2D eigenvalue weighted by atomic mass is 79.9. The average molecular weight is 397 g/mol. The van der Waals surface area contributed by atoms with Gasteiger partial charge in [-0.1, -0.05) is 28.1 Å². The van der Waals surface area contributed by atoms with Crippen LogP contribution in [0.25, 0.3) is 0 Å². The molecule has 104 valence electrons. The first kappa shape index (κ1) is 14.0. The van der Waals surface area contributed by atoms with Crippen molar-refractivity contribution in [2.24, 2.45) is 0 Å². The molecule has 1 aliphatic rings. The van der Waals surface area contributed by atoms with Gasteiger partial charge < -0.3 is 5.32 Å². The van der Waals surface area contributed by atoms with Crippen LogP contribution in [0, 0.1) is 0 Å². The highest BCUT2D eigenvalue weighted by Gasteiger charge is 2.27. The minimum absolute atomic E-state index is 0.206. The molecule has 1 saturated carbocycles. The summed E-state index contributed by atoms with van der Waals surface area (Å²) in [6.07, 6.45) is 2.41. The fourth-order valence-corrected chi connectivity index (χ4v) is 2.75. The summed E-state index contributed by atoms with van der Waals surface area (Å²) in [6.45, 7) is 2.13. The number of hydrogen-bond acceptors (Lipinski definition) is 3. The third-order valence-electron chi connectivity index (χ3n) is 3.39. The number of anilines is 1. The smallest absolute Gasteiger partial charge is 0.135 e. The van der Waals surface area contributed by atoms with Crippen molar-refractivity contribution in [3.63, 3.8) is 0 Å². The molecular weight excluding hydrogens is 382 g/mol. The molecule has 20 heavy (non-hydrogen) atoms. The summed E-state index contributed by atoms with van der Waals surface area (Å²) < 4.78 is 1.94. The maximum Gasteiger partial charge on any atom is 0.135 e. The van der Waals surface area contributed by atoms with E-state index in [1.165, 1.54) is 18.4 Å². The topological polar surface area (TPSA) is 37.8 Å². The van der Waals surface area contributed by atoms with Gasteiger partial charge in [-0.15, -0.1) is 0 Å². The molecule has 1 aromatic heterocycles. The van der Waals surface area contributed by atoms with Crippen LogP contribution in [0.1, 0.15) is 43.1 Å². The molecule has 1 aliphatic carbocycles. The van der Waals surface area contributed by atoms with Crippen molar-refractivity contribution in [3.8, 4) is 0 Å². The fourth-order valence-electron chi connectivity index (χ4n) is 2.09. The average Bonchev–Trinajstić information content (AvgIpc) is 3.23. The maximum atomic E-state index is 4.62. The molecule has 0 amide bonds. The summed E-state index contributed by atoms with van der Waals surface area (Å²) >= 11 is 6.92. The zero-order valence-corrected chi connectivity index (χ0v) is 14.3. The van der Waals surface area contributed by atoms with Crippen LogP contribution in [-0.4, -0.2) is 9.97 Å². The van der Waals surface area contributed by atoms with Crippen LogP contribution in [-0.2, 0) is 0 Å². The Balaban J connectivity index is 1.78. The SMILES string of the molecule is CC(Nc1cc(Br)nc(C2CC2)n1)c1ccc(Br)cc1. The number of benzene rings is 1. The number of halogens is 2. The van der Waals surface area contributed by atoms with Gasteiger partial charge in [0.25, 0.3) is 0 Å². The lowest BCUT2D eigenvalue weighted by Crippen LogP contribution is -2.09. The van der Waals surface area contributed by atoms with Crippen LogP contribution >= 0.6 is 31.9 Å². The molecular formula is C15H15Br2N3. The van der Waals surface area contributed by atoms with E-state index in [4.69, 9.17) is 0 Å². The maximum absolute atomic E-state index is 4.62. The second-order valence-corrected chi connectivity index (χ2v) is 6.85. The quantitative estimate of drug-likeness (QED) is 0.734. The lowest BCUT2D eigenvalue weighted by molar-refractivity contribution is 0.850. The van der Waals surface area contributed by atoms with Gasteiger partial charge in [0.1, 0.15) is 16.2 Å². The highest BCUT2D eigenvalue weighted by Crippen LogP contribution is 2.39. The van der Waals surface area contributed by atoms with E-state index in [2.05, 4.69) is 78.3 Å². The number of aromatic nitrogens is 2. The zero-order valence-electron chi connectivity index (χ0n) is 11.1. The predicted octanol–water partition coefficient (Wildman–Crippen LogP) is 5.05. The molecule has 1 N–H and O–H groups in total. The van der Waals surface area contributed by atoms with Crippen LogP contribution < -0.4 is 5.32 Å². The van der Waals surface area contributed by atoms with E-state index >= 15 is 0 Å². The van der Waals surface area contributed by atoms with Crippen molar-refractivity contribution in [3.05, 3.63) is 50.8 Å². The first-order valence-corrected chi connectivity index (χ1v) is 8.27. The lowest BCUT2D eigenvalue weighted by Gasteiger charge is -2.15. The van der Waals surface area contributed by atoms with E-state index in [1.54, 1.807) is 0 Å². The molecule has 1 aromatic carbocycles. The van der Waals surface area contributed by atoms with Crippen LogP contribution in [0.15, 0.2) is 39.4 Å². The Morgan fingerprint density at radius 3 is 2.50 bits per heavy atom. The second-order valence-electron chi connectivity index (χ2n) is 5.13. The monoisotopic (exact) mass is 395 g/mol. The molecule has 1 heterocycles. The van der Waals surface area contributed by atoms with Gasteiger partial charge in [0.15, 0.2) is 0 Å². The van der Waals surface area contributed by atoms with Gasteiger partial charge in [0.05, 0.1) is 0 Å². The molecule has 0 saturated heterocycles. The van der Waals surface area contributed by atoms with Crippen LogP contribution in [0.5, 0.6) is 0 Å². The van der Waals surface area contributed by atoms with E-state index in [-0.39, 0.29) is 6.04 Å². The van der Waals surface area contributed by atoms with Crippen molar-refractivity contribution in [2.75, 3.05) is 5.32 Å². The molecule has 0 spiro atoms. The molecule has 1 unspecified atom stereocenters. The molecule has 3 nitrogen and oxygen atoms in total. The predicted molar refractivity (Wildman–Crippen MR) is 87.9 cm³/mol. The standard InChI is InChI=1S/C15H15Br2N3/c1-9(10-4-6-12(16)7-5-10)18-14-8-13(17)19-15(20-14)11-2-3-11/h4-9,11H,2-3H2,1H3,(H,18,19,20). The van der Waals surface area contributed by atoms with Crippen LogP contribution in [0.2, 0.25) is 0 Å². The molecule has 0 aliphatic heterocycles.